The average molecular weight is 236 g/mol. The van der Waals surface area contributed by atoms with Crippen molar-refractivity contribution in [2.45, 2.75) is 0 Å². The van der Waals surface area contributed by atoms with Crippen LogP contribution in [-0.2, 0) is 4.74 Å². The lowest BCUT2D eigenvalue weighted by Crippen LogP contribution is -2.24. The van der Waals surface area contributed by atoms with E-state index in [9.17, 15) is 4.79 Å². The largest absolute Gasteiger partial charge is 0.465 e. The number of nitrogens with two attached hydrogens (primary N) is 2. The lowest BCUT2D eigenvalue weighted by atomic mass is 10.1. The van der Waals surface area contributed by atoms with Crippen LogP contribution < -0.4 is 11.5 Å². The quantitative estimate of drug-likeness (QED) is 0.217. The summed E-state index contributed by atoms with van der Waals surface area (Å²) in [6, 6.07) is 6.09. The second kappa shape index (κ2) is 5.50. The summed E-state index contributed by atoms with van der Waals surface area (Å²) in [6.45, 7) is 0. The first kappa shape index (κ1) is 12.5. The number of oxime groups is 1. The monoisotopic (exact) mass is 236 g/mol. The number of hydrogen-bond donors (Lipinski definition) is 3. The van der Waals surface area contributed by atoms with E-state index in [1.54, 1.807) is 0 Å². The summed E-state index contributed by atoms with van der Waals surface area (Å²) < 4.78 is 4.54. The molecule has 0 heterocycles. The second-order valence-electron chi connectivity index (χ2n) is 3.03. The van der Waals surface area contributed by atoms with Crippen LogP contribution in [0.3, 0.4) is 0 Å². The Labute approximate surface area is 97.4 Å². The molecule has 0 radical (unpaired) electrons. The van der Waals surface area contributed by atoms with E-state index in [0.29, 0.717) is 11.1 Å². The molecule has 0 unspecified atom stereocenters. The molecule has 1 aromatic rings. The maximum atomic E-state index is 11.2. The summed E-state index contributed by atoms with van der Waals surface area (Å²) in [5.41, 5.74) is 11.2. The van der Waals surface area contributed by atoms with Crippen LogP contribution in [0.4, 0.5) is 0 Å². The lowest BCUT2D eigenvalue weighted by molar-refractivity contribution is 0.0600. The van der Waals surface area contributed by atoms with Gasteiger partial charge in [0.05, 0.1) is 12.7 Å². The Morgan fingerprint density at radius 1 is 1.24 bits per heavy atom. The predicted molar refractivity (Wildman–Crippen MR) is 61.9 cm³/mol. The molecule has 0 aliphatic heterocycles. The van der Waals surface area contributed by atoms with Crippen LogP contribution in [0, 0.1) is 0 Å². The molecule has 0 saturated carbocycles. The van der Waals surface area contributed by atoms with Crippen molar-refractivity contribution >= 4 is 17.8 Å². The van der Waals surface area contributed by atoms with Crippen molar-refractivity contribution in [3.05, 3.63) is 35.4 Å². The fourth-order valence-corrected chi connectivity index (χ4v) is 1.14. The molecule has 0 saturated heterocycles. The van der Waals surface area contributed by atoms with Gasteiger partial charge in [-0.15, -0.1) is 0 Å². The third-order valence-corrected chi connectivity index (χ3v) is 1.89. The molecular weight excluding hydrogens is 224 g/mol. The van der Waals surface area contributed by atoms with Crippen LogP contribution in [0.5, 0.6) is 0 Å². The van der Waals surface area contributed by atoms with Gasteiger partial charge in [-0.2, -0.15) is 4.99 Å². The number of guanidine groups is 1. The van der Waals surface area contributed by atoms with Crippen molar-refractivity contribution < 1.29 is 14.7 Å². The number of nitrogens with zero attached hydrogens (tertiary/aromatic N) is 2. The molecular formula is C10H12N4O3. The SMILES string of the molecule is COC(=O)c1ccc(/C(N=C(N)N)=N/O)cc1. The van der Waals surface area contributed by atoms with Crippen molar-refractivity contribution in [1.29, 1.82) is 0 Å². The van der Waals surface area contributed by atoms with E-state index in [1.807, 2.05) is 0 Å². The van der Waals surface area contributed by atoms with Gasteiger partial charge in [0.25, 0.3) is 0 Å². The molecule has 1 rings (SSSR count). The molecule has 7 heteroatoms. The van der Waals surface area contributed by atoms with E-state index in [4.69, 9.17) is 16.7 Å². The van der Waals surface area contributed by atoms with Gasteiger partial charge in [-0.05, 0) is 12.1 Å². The van der Waals surface area contributed by atoms with Crippen molar-refractivity contribution in [3.63, 3.8) is 0 Å². The van der Waals surface area contributed by atoms with Crippen LogP contribution in [-0.4, -0.2) is 30.1 Å². The first-order valence-corrected chi connectivity index (χ1v) is 4.59. The molecule has 17 heavy (non-hydrogen) atoms. The molecule has 0 fully saturated rings. The average Bonchev–Trinajstić information content (AvgIpc) is 2.35. The van der Waals surface area contributed by atoms with Crippen LogP contribution in [0.25, 0.3) is 0 Å². The molecule has 0 amide bonds. The highest BCUT2D eigenvalue weighted by molar-refractivity contribution is 6.05. The van der Waals surface area contributed by atoms with Gasteiger partial charge in [-0.25, -0.2) is 4.79 Å². The van der Waals surface area contributed by atoms with Gasteiger partial charge < -0.3 is 21.4 Å². The number of methoxy groups -OCH3 is 1. The number of benzene rings is 1. The number of amidine groups is 1. The van der Waals surface area contributed by atoms with Crippen molar-refractivity contribution in [3.8, 4) is 0 Å². The van der Waals surface area contributed by atoms with E-state index in [1.165, 1.54) is 31.4 Å². The third kappa shape index (κ3) is 3.20. The van der Waals surface area contributed by atoms with Crippen LogP contribution in [0.15, 0.2) is 34.4 Å². The zero-order valence-electron chi connectivity index (χ0n) is 9.12. The minimum absolute atomic E-state index is 0.0404. The zero-order valence-corrected chi connectivity index (χ0v) is 9.12. The zero-order chi connectivity index (χ0) is 12.8. The molecule has 0 aliphatic carbocycles. The predicted octanol–water partition coefficient (Wildman–Crippen LogP) is -0.118. The molecule has 5 N–H and O–H groups in total. The van der Waals surface area contributed by atoms with Crippen molar-refractivity contribution in [2.75, 3.05) is 7.11 Å². The molecule has 0 aromatic heterocycles. The Morgan fingerprint density at radius 2 is 1.76 bits per heavy atom. The molecule has 7 nitrogen and oxygen atoms in total. The Kier molecular flexibility index (Phi) is 4.04. The van der Waals surface area contributed by atoms with Gasteiger partial charge in [0, 0.05) is 5.56 Å². The number of rotatable bonds is 2. The first-order chi connectivity index (χ1) is 8.08. The molecule has 0 bridgehead atoms. The number of carbonyl (C=O) groups excluding carboxylic acids is 1. The smallest absolute Gasteiger partial charge is 0.337 e. The molecule has 0 spiro atoms. The summed E-state index contributed by atoms with van der Waals surface area (Å²) in [7, 11) is 1.29. The second-order valence-corrected chi connectivity index (χ2v) is 3.03. The number of hydrogen-bond acceptors (Lipinski definition) is 4. The van der Waals surface area contributed by atoms with Crippen molar-refractivity contribution in [1.82, 2.24) is 0 Å². The Morgan fingerprint density at radius 3 is 2.18 bits per heavy atom. The number of esters is 1. The van der Waals surface area contributed by atoms with E-state index in [0.717, 1.165) is 0 Å². The minimum Gasteiger partial charge on any atom is -0.465 e. The van der Waals surface area contributed by atoms with Gasteiger partial charge in [-0.3, -0.25) is 0 Å². The van der Waals surface area contributed by atoms with Gasteiger partial charge >= 0.3 is 5.97 Å². The molecule has 1 aromatic carbocycles. The van der Waals surface area contributed by atoms with Gasteiger partial charge in [0.15, 0.2) is 5.96 Å². The normalized spacial score (nSPS) is 10.8. The van der Waals surface area contributed by atoms with E-state index >= 15 is 0 Å². The molecule has 90 valence electrons. The molecule has 0 aliphatic rings. The highest BCUT2D eigenvalue weighted by atomic mass is 16.5. The van der Waals surface area contributed by atoms with Crippen LogP contribution in [0.1, 0.15) is 15.9 Å². The molecule has 0 atom stereocenters. The highest BCUT2D eigenvalue weighted by Gasteiger charge is 2.07. The van der Waals surface area contributed by atoms with Gasteiger partial charge in [0.1, 0.15) is 0 Å². The fraction of sp³-hybridized carbons (Fsp3) is 0.100. The standard InChI is InChI=1S/C10H12N4O3/c1-17-9(15)7-4-2-6(3-5-7)8(14-16)13-10(11)12/h2-5,16H,1H3,(H4,11,12,13,14). The van der Waals surface area contributed by atoms with E-state index in [-0.39, 0.29) is 11.8 Å². The van der Waals surface area contributed by atoms with Crippen molar-refractivity contribution in [2.24, 2.45) is 21.6 Å². The third-order valence-electron chi connectivity index (χ3n) is 1.89. The summed E-state index contributed by atoms with van der Waals surface area (Å²) in [5, 5.41) is 11.7. The number of aliphatic imine (C=N–C) groups is 1. The summed E-state index contributed by atoms with van der Waals surface area (Å²) >= 11 is 0. The maximum Gasteiger partial charge on any atom is 0.337 e. The first-order valence-electron chi connectivity index (χ1n) is 4.59. The lowest BCUT2D eigenvalue weighted by Gasteiger charge is -2.02. The number of ether oxygens (including phenoxy) is 1. The van der Waals surface area contributed by atoms with Gasteiger partial charge in [-0.1, -0.05) is 17.3 Å². The Hall–Kier alpha value is -2.57. The highest BCUT2D eigenvalue weighted by Crippen LogP contribution is 2.07. The van der Waals surface area contributed by atoms with Crippen LogP contribution >= 0.6 is 0 Å². The van der Waals surface area contributed by atoms with E-state index < -0.39 is 5.97 Å². The minimum atomic E-state index is -0.458. The number of carbonyl (C=O) groups is 1. The van der Waals surface area contributed by atoms with Crippen LogP contribution in [0.2, 0.25) is 0 Å². The Bertz CT molecular complexity index is 461. The topological polar surface area (TPSA) is 123 Å². The Balaban J connectivity index is 3.02. The summed E-state index contributed by atoms with van der Waals surface area (Å²) in [6.07, 6.45) is 0. The maximum absolute atomic E-state index is 11.2. The van der Waals surface area contributed by atoms with Gasteiger partial charge in [0.2, 0.25) is 5.84 Å². The fourth-order valence-electron chi connectivity index (χ4n) is 1.14. The van der Waals surface area contributed by atoms with E-state index in [2.05, 4.69) is 14.9 Å². The summed E-state index contributed by atoms with van der Waals surface area (Å²) in [4.78, 5) is 14.8. The summed E-state index contributed by atoms with van der Waals surface area (Å²) in [5.74, 6) is -0.725.